The Morgan fingerprint density at radius 3 is 2.65 bits per heavy atom. The van der Waals surface area contributed by atoms with E-state index in [1.165, 1.54) is 6.92 Å². The second-order valence-electron chi connectivity index (χ2n) is 4.85. The third-order valence-electron chi connectivity index (χ3n) is 3.23. The highest BCUT2D eigenvalue weighted by Gasteiger charge is 2.46. The van der Waals surface area contributed by atoms with Crippen LogP contribution in [0.1, 0.15) is 24.5 Å². The number of nitrogens with one attached hydrogen (secondary N) is 1. The van der Waals surface area contributed by atoms with Crippen LogP contribution in [0, 0.1) is 6.92 Å². The van der Waals surface area contributed by atoms with Crippen molar-refractivity contribution in [2.45, 2.75) is 44.3 Å². The average molecular weight is 286 g/mol. The first-order valence-corrected chi connectivity index (χ1v) is 6.26. The normalized spacial score (nSPS) is 34.0. The molecule has 2 heterocycles. The molecule has 5 atom stereocenters. The van der Waals surface area contributed by atoms with Gasteiger partial charge in [0.05, 0.1) is 12.6 Å². The molecule has 2 rings (SSSR count). The zero-order chi connectivity index (χ0) is 14.9. The van der Waals surface area contributed by atoms with Crippen LogP contribution < -0.4 is 5.32 Å². The Bertz CT molecular complexity index is 476. The van der Waals surface area contributed by atoms with Gasteiger partial charge in [0.15, 0.2) is 0 Å². The Morgan fingerprint density at radius 1 is 1.45 bits per heavy atom. The van der Waals surface area contributed by atoms with Gasteiger partial charge < -0.3 is 29.9 Å². The average Bonchev–Trinajstić information content (AvgIpc) is 2.81. The van der Waals surface area contributed by atoms with Crippen LogP contribution in [0.15, 0.2) is 10.6 Å². The second kappa shape index (κ2) is 5.88. The molecule has 0 aliphatic carbocycles. The lowest BCUT2D eigenvalue weighted by Crippen LogP contribution is -2.60. The smallest absolute Gasteiger partial charge is 0.217 e. The zero-order valence-corrected chi connectivity index (χ0v) is 11.2. The van der Waals surface area contributed by atoms with Crippen LogP contribution >= 0.6 is 0 Å². The topological polar surface area (TPSA) is 125 Å². The number of aromatic nitrogens is 1. The highest BCUT2D eigenvalue weighted by atomic mass is 16.5. The lowest BCUT2D eigenvalue weighted by Gasteiger charge is -2.41. The summed E-state index contributed by atoms with van der Waals surface area (Å²) in [6.45, 7) is 2.53. The van der Waals surface area contributed by atoms with Gasteiger partial charge in [0, 0.05) is 13.0 Å². The van der Waals surface area contributed by atoms with Crippen LogP contribution in [0.4, 0.5) is 0 Å². The van der Waals surface area contributed by atoms with Gasteiger partial charge in [0.2, 0.25) is 5.91 Å². The van der Waals surface area contributed by atoms with E-state index in [0.29, 0.717) is 11.5 Å². The summed E-state index contributed by atoms with van der Waals surface area (Å²) in [5.41, 5.74) is 0.380. The van der Waals surface area contributed by atoms with Crippen molar-refractivity contribution in [2.24, 2.45) is 0 Å². The Balaban J connectivity index is 2.30. The lowest BCUT2D eigenvalue weighted by atomic mass is 9.91. The highest BCUT2D eigenvalue weighted by molar-refractivity contribution is 5.73. The number of ether oxygens (including phenoxy) is 1. The number of aliphatic hydroxyl groups is 3. The molecule has 20 heavy (non-hydrogen) atoms. The minimum Gasteiger partial charge on any atom is -0.394 e. The molecule has 0 saturated carbocycles. The first-order chi connectivity index (χ1) is 9.43. The molecule has 0 radical (unpaired) electrons. The predicted molar refractivity (Wildman–Crippen MR) is 65.6 cm³/mol. The fraction of sp³-hybridized carbons (Fsp3) is 0.667. The largest absolute Gasteiger partial charge is 0.394 e. The molecule has 112 valence electrons. The highest BCUT2D eigenvalue weighted by Crippen LogP contribution is 2.32. The third kappa shape index (κ3) is 2.83. The van der Waals surface area contributed by atoms with Gasteiger partial charge in [-0.2, -0.15) is 0 Å². The summed E-state index contributed by atoms with van der Waals surface area (Å²) in [6.07, 6.45) is -4.36. The van der Waals surface area contributed by atoms with E-state index in [9.17, 15) is 20.1 Å². The van der Waals surface area contributed by atoms with Gasteiger partial charge in [0.1, 0.15) is 35.9 Å². The van der Waals surface area contributed by atoms with Crippen molar-refractivity contribution >= 4 is 5.91 Å². The van der Waals surface area contributed by atoms with Crippen molar-refractivity contribution in [3.8, 4) is 0 Å². The molecule has 1 saturated heterocycles. The molecule has 1 fully saturated rings. The zero-order valence-electron chi connectivity index (χ0n) is 11.2. The van der Waals surface area contributed by atoms with E-state index < -0.39 is 37.1 Å². The van der Waals surface area contributed by atoms with Gasteiger partial charge in [-0.1, -0.05) is 5.16 Å². The number of nitrogens with zero attached hydrogens (tertiary/aromatic N) is 1. The van der Waals surface area contributed by atoms with Crippen LogP contribution in [0.5, 0.6) is 0 Å². The summed E-state index contributed by atoms with van der Waals surface area (Å²) in [5.74, 6) is 0.170. The predicted octanol–water partition coefficient (Wildman–Crippen LogP) is -1.36. The molecule has 4 N–H and O–H groups in total. The Morgan fingerprint density at radius 2 is 2.15 bits per heavy atom. The van der Waals surface area contributed by atoms with E-state index in [4.69, 9.17) is 9.26 Å². The van der Waals surface area contributed by atoms with Crippen molar-refractivity contribution in [1.82, 2.24) is 10.5 Å². The Kier molecular flexibility index (Phi) is 4.39. The van der Waals surface area contributed by atoms with Crippen molar-refractivity contribution < 1.29 is 29.4 Å². The van der Waals surface area contributed by atoms with Crippen LogP contribution in [-0.2, 0) is 9.53 Å². The van der Waals surface area contributed by atoms with Crippen molar-refractivity contribution in [3.63, 3.8) is 0 Å². The molecule has 1 amide bonds. The standard InChI is InChI=1S/C12H18N2O6/c1-5-3-7(14-20-5)12-9(13-6(2)16)11(18)10(17)8(4-15)19-12/h3,8-12,15,17-18H,4H2,1-2H3,(H,13,16)/t8-,9-,10-,11-,12+/m1/s1. The lowest BCUT2D eigenvalue weighted by molar-refractivity contribution is -0.198. The quantitative estimate of drug-likeness (QED) is 0.541. The number of carbonyl (C=O) groups is 1. The first kappa shape index (κ1) is 14.9. The van der Waals surface area contributed by atoms with Crippen LogP contribution in [-0.4, -0.2) is 57.3 Å². The van der Waals surface area contributed by atoms with Gasteiger partial charge in [-0.05, 0) is 6.92 Å². The summed E-state index contributed by atoms with van der Waals surface area (Å²) in [4.78, 5) is 11.2. The van der Waals surface area contributed by atoms with Crippen molar-refractivity contribution in [1.29, 1.82) is 0 Å². The van der Waals surface area contributed by atoms with E-state index in [0.717, 1.165) is 0 Å². The monoisotopic (exact) mass is 286 g/mol. The number of amides is 1. The molecule has 0 bridgehead atoms. The fourth-order valence-electron chi connectivity index (χ4n) is 2.29. The summed E-state index contributed by atoms with van der Waals surface area (Å²) in [5, 5.41) is 35.5. The summed E-state index contributed by atoms with van der Waals surface area (Å²) in [6, 6.07) is 0.730. The summed E-state index contributed by atoms with van der Waals surface area (Å²) in [7, 11) is 0. The molecular formula is C12H18N2O6. The first-order valence-electron chi connectivity index (χ1n) is 6.26. The molecular weight excluding hydrogens is 268 g/mol. The number of carbonyl (C=O) groups excluding carboxylic acids is 1. The maximum atomic E-state index is 11.2. The van der Waals surface area contributed by atoms with Crippen molar-refractivity contribution in [2.75, 3.05) is 6.61 Å². The number of hydrogen-bond donors (Lipinski definition) is 4. The van der Waals surface area contributed by atoms with Gasteiger partial charge >= 0.3 is 0 Å². The molecule has 8 heteroatoms. The minimum absolute atomic E-state index is 0.377. The number of aryl methyl sites for hydroxylation is 1. The fourth-order valence-corrected chi connectivity index (χ4v) is 2.29. The van der Waals surface area contributed by atoms with Crippen molar-refractivity contribution in [3.05, 3.63) is 17.5 Å². The van der Waals surface area contributed by atoms with E-state index in [1.54, 1.807) is 13.0 Å². The summed E-state index contributed by atoms with van der Waals surface area (Å²) >= 11 is 0. The molecule has 1 aromatic heterocycles. The number of rotatable bonds is 3. The van der Waals surface area contributed by atoms with E-state index in [-0.39, 0.29) is 5.91 Å². The minimum atomic E-state index is -1.30. The molecule has 0 aromatic carbocycles. The molecule has 0 spiro atoms. The van der Waals surface area contributed by atoms with E-state index in [1.807, 2.05) is 0 Å². The molecule has 1 aliphatic rings. The molecule has 1 aliphatic heterocycles. The van der Waals surface area contributed by atoms with Crippen LogP contribution in [0.3, 0.4) is 0 Å². The second-order valence-corrected chi connectivity index (χ2v) is 4.85. The SMILES string of the molecule is CC(=O)N[C@@H]1[C@@H](O)[C@H](O)[C@@H](CO)O[C@H]1c1cc(C)on1. The van der Waals surface area contributed by atoms with Gasteiger partial charge in [0.25, 0.3) is 0 Å². The number of aliphatic hydroxyl groups excluding tert-OH is 3. The third-order valence-corrected chi connectivity index (χ3v) is 3.23. The molecule has 8 nitrogen and oxygen atoms in total. The van der Waals surface area contributed by atoms with Gasteiger partial charge in [-0.3, -0.25) is 4.79 Å². The van der Waals surface area contributed by atoms with Gasteiger partial charge in [-0.25, -0.2) is 0 Å². The number of hydrogen-bond acceptors (Lipinski definition) is 7. The van der Waals surface area contributed by atoms with Crippen LogP contribution in [0.25, 0.3) is 0 Å². The molecule has 1 aromatic rings. The van der Waals surface area contributed by atoms with Gasteiger partial charge in [-0.15, -0.1) is 0 Å². The maximum absolute atomic E-state index is 11.2. The maximum Gasteiger partial charge on any atom is 0.217 e. The van der Waals surface area contributed by atoms with E-state index >= 15 is 0 Å². The summed E-state index contributed by atoms with van der Waals surface area (Å²) < 4.78 is 10.5. The Labute approximate surface area is 115 Å². The van der Waals surface area contributed by atoms with Crippen LogP contribution in [0.2, 0.25) is 0 Å². The Hall–Kier alpha value is -1.48. The molecule has 0 unspecified atom stereocenters. The van der Waals surface area contributed by atoms with E-state index in [2.05, 4.69) is 10.5 Å².